The summed E-state index contributed by atoms with van der Waals surface area (Å²) in [4.78, 5) is 62.9. The molecule has 0 saturated carbocycles. The summed E-state index contributed by atoms with van der Waals surface area (Å²) in [6, 6.07) is 59.4. The predicted octanol–water partition coefficient (Wildman–Crippen LogP) is 13.3. The molecule has 6 aromatic carbocycles. The summed E-state index contributed by atoms with van der Waals surface area (Å²) in [5.74, 6) is -2.86. The van der Waals surface area contributed by atoms with Crippen LogP contribution in [0.1, 0.15) is 93.6 Å². The average Bonchev–Trinajstić information content (AvgIpc) is 1.19. The summed E-state index contributed by atoms with van der Waals surface area (Å²) in [6.45, 7) is 11.2. The van der Waals surface area contributed by atoms with Crippen molar-refractivity contribution in [3.63, 3.8) is 0 Å². The highest BCUT2D eigenvalue weighted by Crippen LogP contribution is 2.66. The largest absolute Gasteiger partial charge is 0.476 e. The maximum absolute atomic E-state index is 20.4. The Morgan fingerprint density at radius 2 is 0.566 bits per heavy atom. The van der Waals surface area contributed by atoms with Crippen LogP contribution < -0.4 is 0 Å². The second-order valence-electron chi connectivity index (χ2n) is 34.1. The van der Waals surface area contributed by atoms with Crippen LogP contribution in [0.5, 0.6) is 0 Å². The Bertz CT molecular complexity index is 5130. The molecule has 31 nitrogen and oxygen atoms in total. The van der Waals surface area contributed by atoms with Gasteiger partial charge in [-0.1, -0.05) is 182 Å². The second kappa shape index (κ2) is 33.1. The number of fused-ring (bicyclic) bond motifs is 6. The van der Waals surface area contributed by atoms with Gasteiger partial charge in [-0.05, 0) is 74.9 Å². The van der Waals surface area contributed by atoms with Crippen LogP contribution in [0, 0.1) is 0 Å². The summed E-state index contributed by atoms with van der Waals surface area (Å²) >= 11 is 0. The van der Waals surface area contributed by atoms with Crippen molar-refractivity contribution in [2.24, 2.45) is 15.0 Å². The van der Waals surface area contributed by atoms with E-state index in [1.165, 1.54) is 19.0 Å². The van der Waals surface area contributed by atoms with Crippen molar-refractivity contribution in [2.45, 2.75) is 188 Å². The monoisotopic (exact) mass is 1670 g/mol. The highest BCUT2D eigenvalue weighted by atomic mass is 31.2. The quantitative estimate of drug-likeness (QED) is 0.0229. The van der Waals surface area contributed by atoms with Gasteiger partial charge in [0.2, 0.25) is 0 Å². The molecule has 122 heavy (non-hydrogen) atoms. The van der Waals surface area contributed by atoms with Gasteiger partial charge >= 0.3 is 7.82 Å². The molecule has 0 spiro atoms. The van der Waals surface area contributed by atoms with Crippen LogP contribution in [0.3, 0.4) is 0 Å². The fraction of sp³-hybridized carbons (Fsp3) is 0.400. The zero-order valence-electron chi connectivity index (χ0n) is 70.0. The number of nitrogens with zero attached hydrogens (tertiary/aromatic N) is 18. The van der Waals surface area contributed by atoms with Gasteiger partial charge in [0.1, 0.15) is 90.7 Å². The fourth-order valence-corrected chi connectivity index (χ4v) is 20.2. The van der Waals surface area contributed by atoms with Crippen molar-refractivity contribution >= 4 is 77.8 Å². The van der Waals surface area contributed by atoms with Crippen LogP contribution in [0.2, 0.25) is 0 Å². The first-order chi connectivity index (χ1) is 58.8. The number of ether oxygens (including phenoxy) is 9. The molecule has 0 N–H and O–H groups in total. The van der Waals surface area contributed by atoms with E-state index in [9.17, 15) is 0 Å². The lowest BCUT2D eigenvalue weighted by molar-refractivity contribution is -0.235. The number of hydrogen-bond donors (Lipinski definition) is 0. The van der Waals surface area contributed by atoms with Crippen LogP contribution in [0.4, 0.5) is 17.5 Å². The predicted molar refractivity (Wildman–Crippen MR) is 455 cm³/mol. The average molecular weight is 1670 g/mol. The highest BCUT2D eigenvalue weighted by Gasteiger charge is 2.70. The van der Waals surface area contributed by atoms with Crippen molar-refractivity contribution < 1.29 is 60.8 Å². The van der Waals surface area contributed by atoms with Crippen LogP contribution in [-0.4, -0.2) is 224 Å². The van der Waals surface area contributed by atoms with E-state index in [2.05, 4.69) is 15.0 Å². The summed E-state index contributed by atoms with van der Waals surface area (Å²) in [5.41, 5.74) is 0.995. The van der Waals surface area contributed by atoms with Crippen molar-refractivity contribution in [2.75, 3.05) is 42.3 Å². The van der Waals surface area contributed by atoms with E-state index >= 15 is 4.57 Å². The van der Waals surface area contributed by atoms with E-state index < -0.39 is 116 Å². The first-order valence-corrected chi connectivity index (χ1v) is 42.4. The molecular weight excluding hydrogens is 1570 g/mol. The molecule has 632 valence electrons. The molecule has 12 atom stereocenters. The Morgan fingerprint density at radius 1 is 0.344 bits per heavy atom. The van der Waals surface area contributed by atoms with Crippen molar-refractivity contribution in [3.05, 3.63) is 253 Å². The van der Waals surface area contributed by atoms with Gasteiger partial charge in [-0.15, -0.1) is 0 Å². The van der Waals surface area contributed by atoms with E-state index in [0.29, 0.717) is 50.9 Å². The number of rotatable bonds is 30. The van der Waals surface area contributed by atoms with Crippen LogP contribution >= 0.6 is 7.82 Å². The lowest BCUT2D eigenvalue weighted by Crippen LogP contribution is -2.58. The van der Waals surface area contributed by atoms with Gasteiger partial charge in [-0.2, -0.15) is 0 Å². The molecular formula is C90H99N18O13P. The highest BCUT2D eigenvalue weighted by molar-refractivity contribution is 7.48. The minimum absolute atomic E-state index is 0.0449. The smallest absolute Gasteiger partial charge is 0.369 e. The third-order valence-corrected chi connectivity index (χ3v) is 24.4. The Morgan fingerprint density at radius 3 is 0.787 bits per heavy atom. The van der Waals surface area contributed by atoms with Crippen molar-refractivity contribution in [3.8, 4) is 0 Å². The molecule has 18 rings (SSSR count). The lowest BCUT2D eigenvalue weighted by Gasteiger charge is -2.49. The van der Waals surface area contributed by atoms with Crippen LogP contribution in [0.25, 0.3) is 33.5 Å². The van der Waals surface area contributed by atoms with Gasteiger partial charge < -0.3 is 57.3 Å². The standard InChI is InChI=1S/C90H99N18O13P/c1-85(2)113-67-70(116-85)82(106-55-97-64-76(100-52-103(7)8)91-49-94-79(64)106)110-73(67)88(43-58-31-19-13-20-32-58,44-59-33-21-14-22-34-59)119-122(109,120-89(45-60-35-23-15-24-36-60,46-61-37-25-16-26-38-61)74-68-71(117-86(3,4)114-68)83(111-74)107-56-98-65-77(101-53-104(9)10)92-50-95-80(65)107)121-90(47-62-39-27-17-28-40-62,48-63-41-29-18-30-42-63)75-69-72(118-87(5,6)115-69)84(112-75)108-57-99-66-78(102-54-105(11)12)93-51-96-81(66)108/h13-42,49-57,67-75,82-84H,43-48H2,1-12H3/b100-52-,101-53-,102-54-/t67-,68-,69-,70+,71+,72+,73+,74+,75+,82+,83+,84+/m0/s1. The van der Waals surface area contributed by atoms with Crippen molar-refractivity contribution in [1.29, 1.82) is 0 Å². The van der Waals surface area contributed by atoms with E-state index in [0.717, 1.165) is 33.4 Å². The van der Waals surface area contributed by atoms with Gasteiger partial charge in [-0.25, -0.2) is 64.4 Å². The fourth-order valence-electron chi connectivity index (χ4n) is 18.1. The van der Waals surface area contributed by atoms with E-state index in [4.69, 9.17) is 101 Å². The topological polar surface area (TPSA) is 305 Å². The van der Waals surface area contributed by atoms with E-state index in [-0.39, 0.29) is 38.5 Å². The third-order valence-electron chi connectivity index (χ3n) is 22.7. The molecule has 32 heteroatoms. The minimum Gasteiger partial charge on any atom is -0.369 e. The molecule has 0 unspecified atom stereocenters. The summed E-state index contributed by atoms with van der Waals surface area (Å²) in [7, 11) is 5.34. The van der Waals surface area contributed by atoms with Gasteiger partial charge in [0.25, 0.3) is 0 Å². The number of imidazole rings is 3. The van der Waals surface area contributed by atoms with Gasteiger partial charge in [0.05, 0.1) is 38.0 Å². The van der Waals surface area contributed by atoms with Gasteiger partial charge in [0.15, 0.2) is 87.0 Å². The minimum atomic E-state index is -5.90. The van der Waals surface area contributed by atoms with E-state index in [1.54, 1.807) is 38.0 Å². The number of aromatic nitrogens is 12. The second-order valence-corrected chi connectivity index (χ2v) is 35.6. The summed E-state index contributed by atoms with van der Waals surface area (Å²) in [5, 5.41) is 0. The number of benzene rings is 6. The van der Waals surface area contributed by atoms with Crippen LogP contribution in [-0.2, 0) is 99.3 Å². The Hall–Kier alpha value is -10.9. The molecule has 0 bridgehead atoms. The zero-order valence-corrected chi connectivity index (χ0v) is 70.9. The first-order valence-electron chi connectivity index (χ1n) is 40.9. The lowest BCUT2D eigenvalue weighted by atomic mass is 9.81. The SMILES string of the molecule is CN(C)/C=N\c1ncnc2c1ncn2[C@@H]1O[C@@H](C(Cc2ccccc2)(Cc2ccccc2)OP(=O)(OC(Cc2ccccc2)(Cc2ccccc2)[C@@H]2O[C@@H](n3cnc4c(/N=C\N(C)C)ncnc43)[C@@H]3OC(C)(C)O[C@@H]32)OC(Cc2ccccc2)(Cc2ccccc2)[C@@H]2O[C@@H](n3cnc4c(/N=C\N(C)C)ncnc43)[C@@H]3OC(C)(C)O[C@@H]32)[C@H]2OC(C)(C)O[C@H]21. The van der Waals surface area contributed by atoms with Crippen molar-refractivity contribution in [1.82, 2.24) is 73.3 Å². The zero-order chi connectivity index (χ0) is 84.3. The molecule has 6 aliphatic heterocycles. The Kier molecular flexibility index (Phi) is 22.3. The molecule has 6 aliphatic rings. The summed E-state index contributed by atoms with van der Waals surface area (Å²) < 4.78 is 119. The molecule has 12 aromatic rings. The first kappa shape index (κ1) is 82.1. The van der Waals surface area contributed by atoms with Gasteiger partial charge in [-0.3, -0.25) is 27.3 Å². The Balaban J connectivity index is 0.913. The maximum atomic E-state index is 20.4. The maximum Gasteiger partial charge on any atom is 0.476 e. The molecule has 6 saturated heterocycles. The molecule has 6 fully saturated rings. The number of phosphoric ester groups is 1. The summed E-state index contributed by atoms with van der Waals surface area (Å²) in [6.07, 6.45) is 0.921. The van der Waals surface area contributed by atoms with Gasteiger partial charge in [0, 0.05) is 80.8 Å². The third kappa shape index (κ3) is 16.6. The molecule has 0 radical (unpaired) electrons. The molecule has 0 aliphatic carbocycles. The van der Waals surface area contributed by atoms with Crippen LogP contribution in [0.15, 0.2) is 235 Å². The number of aliphatic imine (C=N–C) groups is 3. The normalized spacial score (nSPS) is 24.4. The Labute approximate surface area is 706 Å². The molecule has 6 aromatic heterocycles. The number of phosphoric acid groups is 1. The number of hydrogen-bond acceptors (Lipinski definition) is 25. The molecule has 0 amide bonds. The molecule has 12 heterocycles. The van der Waals surface area contributed by atoms with E-state index in [1.807, 2.05) is 294 Å².